The number of hydrogen-bond acceptors (Lipinski definition) is 5. The van der Waals surface area contributed by atoms with Crippen LogP contribution in [0.5, 0.6) is 0 Å². The summed E-state index contributed by atoms with van der Waals surface area (Å²) < 4.78 is 28.8. The lowest BCUT2D eigenvalue weighted by Gasteiger charge is -2.32. The Hall–Kier alpha value is 0.0700. The zero-order chi connectivity index (χ0) is 15.5. The summed E-state index contributed by atoms with van der Waals surface area (Å²) in [5, 5.41) is 0. The third kappa shape index (κ3) is 5.12. The fraction of sp³-hybridized carbons (Fsp3) is 1.00. The maximum Gasteiger partial charge on any atom is 0.137 e. The summed E-state index contributed by atoms with van der Waals surface area (Å²) in [5.74, 6) is 0.329. The minimum Gasteiger partial charge on any atom is -0.778 e. The van der Waals surface area contributed by atoms with Crippen LogP contribution in [0, 0.1) is 5.92 Å². The molecule has 0 spiro atoms. The molecule has 0 aromatic rings. The van der Waals surface area contributed by atoms with E-state index in [1.165, 1.54) is 0 Å². The number of rotatable bonds is 7. The van der Waals surface area contributed by atoms with Crippen molar-refractivity contribution in [2.24, 2.45) is 5.92 Å². The van der Waals surface area contributed by atoms with Crippen LogP contribution < -0.4 is 4.89 Å². The molecule has 0 aromatic carbocycles. The third-order valence-corrected chi connectivity index (χ3v) is 5.31. The highest BCUT2D eigenvalue weighted by Gasteiger charge is 2.39. The van der Waals surface area contributed by atoms with Crippen LogP contribution in [0.4, 0.5) is 0 Å². The van der Waals surface area contributed by atoms with Gasteiger partial charge in [0, 0.05) is 12.1 Å². The maximum atomic E-state index is 12.0. The summed E-state index contributed by atoms with van der Waals surface area (Å²) >= 11 is 0. The average molecular weight is 307 g/mol. The van der Waals surface area contributed by atoms with Crippen molar-refractivity contribution in [1.82, 2.24) is 0 Å². The molecule has 0 saturated carbocycles. The molecule has 4 atom stereocenters. The van der Waals surface area contributed by atoms with E-state index in [9.17, 15) is 9.46 Å². The Labute approximate surface area is 122 Å². The topological polar surface area (TPSA) is 67.8 Å². The smallest absolute Gasteiger partial charge is 0.137 e. The van der Waals surface area contributed by atoms with E-state index in [0.717, 1.165) is 0 Å². The molecule has 1 rings (SSSR count). The van der Waals surface area contributed by atoms with E-state index in [1.54, 1.807) is 13.8 Å². The highest BCUT2D eigenvalue weighted by molar-refractivity contribution is 7.52. The van der Waals surface area contributed by atoms with Gasteiger partial charge in [-0.25, -0.2) is 0 Å². The van der Waals surface area contributed by atoms with Gasteiger partial charge in [0.05, 0.1) is 24.9 Å². The Kier molecular flexibility index (Phi) is 6.68. The molecule has 1 saturated heterocycles. The molecule has 5 nitrogen and oxygen atoms in total. The third-order valence-electron chi connectivity index (χ3n) is 3.48. The summed E-state index contributed by atoms with van der Waals surface area (Å²) in [6, 6.07) is 0. The summed E-state index contributed by atoms with van der Waals surface area (Å²) in [6.07, 6.45) is -0.0462. The van der Waals surface area contributed by atoms with E-state index >= 15 is 0 Å². The van der Waals surface area contributed by atoms with Crippen molar-refractivity contribution in [3.05, 3.63) is 0 Å². The van der Waals surface area contributed by atoms with Crippen molar-refractivity contribution in [2.45, 2.75) is 78.0 Å². The Morgan fingerprint density at radius 2 is 1.85 bits per heavy atom. The van der Waals surface area contributed by atoms with Gasteiger partial charge in [-0.05, 0) is 19.8 Å². The predicted molar refractivity (Wildman–Crippen MR) is 76.8 cm³/mol. The maximum absolute atomic E-state index is 12.0. The van der Waals surface area contributed by atoms with Crippen LogP contribution in [0.3, 0.4) is 0 Å². The van der Waals surface area contributed by atoms with Crippen molar-refractivity contribution in [3.63, 3.8) is 0 Å². The summed E-state index contributed by atoms with van der Waals surface area (Å²) in [7, 11) is -3.84. The Balaban J connectivity index is 2.70. The van der Waals surface area contributed by atoms with E-state index in [2.05, 4.69) is 13.8 Å². The van der Waals surface area contributed by atoms with Crippen LogP contribution in [0.25, 0.3) is 0 Å². The van der Waals surface area contributed by atoms with Crippen LogP contribution in [-0.2, 0) is 18.6 Å². The zero-order valence-corrected chi connectivity index (χ0v) is 14.3. The second-order valence-electron chi connectivity index (χ2n) is 6.35. The van der Waals surface area contributed by atoms with Gasteiger partial charge in [0.25, 0.3) is 0 Å². The average Bonchev–Trinajstić information content (AvgIpc) is 2.68. The molecule has 1 aliphatic rings. The van der Waals surface area contributed by atoms with Gasteiger partial charge in [-0.2, -0.15) is 0 Å². The minimum atomic E-state index is -3.84. The molecule has 0 radical (unpaired) electrons. The van der Waals surface area contributed by atoms with Gasteiger partial charge in [0.2, 0.25) is 0 Å². The summed E-state index contributed by atoms with van der Waals surface area (Å²) in [5.41, 5.74) is -0.521. The molecule has 120 valence electrons. The Morgan fingerprint density at radius 1 is 1.25 bits per heavy atom. The SMILES string of the molecule is CC(C)OC[C@H]1O[C@@H](C(C)C)C[C@H]1OP(=O)([O-])C(C)C. The molecule has 0 bridgehead atoms. The molecular weight excluding hydrogens is 279 g/mol. The van der Waals surface area contributed by atoms with Crippen LogP contribution in [0.1, 0.15) is 48.0 Å². The number of ether oxygens (including phenoxy) is 2. The molecule has 1 unspecified atom stereocenters. The first-order valence-electron chi connectivity index (χ1n) is 7.39. The molecule has 1 aliphatic heterocycles. The van der Waals surface area contributed by atoms with E-state index < -0.39 is 19.4 Å². The van der Waals surface area contributed by atoms with Crippen molar-refractivity contribution >= 4 is 7.60 Å². The molecular formula is C14H28O5P-. The Bertz CT molecular complexity index is 342. The monoisotopic (exact) mass is 307 g/mol. The van der Waals surface area contributed by atoms with Gasteiger partial charge in [-0.3, -0.25) is 0 Å². The molecule has 0 aliphatic carbocycles. The van der Waals surface area contributed by atoms with E-state index in [1.807, 2.05) is 13.8 Å². The van der Waals surface area contributed by atoms with Gasteiger partial charge in [-0.15, -0.1) is 0 Å². The molecule has 0 amide bonds. The van der Waals surface area contributed by atoms with Crippen molar-refractivity contribution in [1.29, 1.82) is 0 Å². The zero-order valence-electron chi connectivity index (χ0n) is 13.4. The van der Waals surface area contributed by atoms with Crippen LogP contribution in [-0.4, -0.2) is 36.7 Å². The second-order valence-corrected chi connectivity index (χ2v) is 8.68. The highest BCUT2D eigenvalue weighted by atomic mass is 31.2. The normalized spacial score (nSPS) is 30.4. The van der Waals surface area contributed by atoms with Gasteiger partial charge in [0.1, 0.15) is 13.7 Å². The Morgan fingerprint density at radius 3 is 2.30 bits per heavy atom. The van der Waals surface area contributed by atoms with E-state index in [0.29, 0.717) is 18.9 Å². The fourth-order valence-corrected chi connectivity index (χ4v) is 2.88. The first-order chi connectivity index (χ1) is 9.13. The van der Waals surface area contributed by atoms with Crippen molar-refractivity contribution < 1.29 is 23.5 Å². The van der Waals surface area contributed by atoms with Gasteiger partial charge in [0.15, 0.2) is 0 Å². The van der Waals surface area contributed by atoms with Crippen LogP contribution in [0.2, 0.25) is 0 Å². The second kappa shape index (κ2) is 7.37. The predicted octanol–water partition coefficient (Wildman–Crippen LogP) is 2.57. The lowest BCUT2D eigenvalue weighted by atomic mass is 10.0. The summed E-state index contributed by atoms with van der Waals surface area (Å²) in [6.45, 7) is 11.6. The lowest BCUT2D eigenvalue weighted by Crippen LogP contribution is -2.32. The summed E-state index contributed by atoms with van der Waals surface area (Å²) in [4.78, 5) is 12.0. The lowest BCUT2D eigenvalue weighted by molar-refractivity contribution is -0.207. The standard InChI is InChI=1S/C14H29O5P/c1-9(2)12-7-13(19-20(15,16)11(5)6)14(18-12)8-17-10(3)4/h9-14H,7-8H2,1-6H3,(H,15,16)/p-1/t12-,13-,14-/m1/s1. The van der Waals surface area contributed by atoms with Gasteiger partial charge in [-0.1, -0.05) is 27.7 Å². The minimum absolute atomic E-state index is 0.0212. The quantitative estimate of drug-likeness (QED) is 0.676. The number of hydrogen-bond donors (Lipinski definition) is 0. The first kappa shape index (κ1) is 18.1. The van der Waals surface area contributed by atoms with E-state index in [4.69, 9.17) is 14.0 Å². The molecule has 1 fully saturated rings. The van der Waals surface area contributed by atoms with Crippen molar-refractivity contribution in [3.8, 4) is 0 Å². The van der Waals surface area contributed by atoms with Gasteiger partial charge < -0.3 is 23.5 Å². The first-order valence-corrected chi connectivity index (χ1v) is 9.00. The van der Waals surface area contributed by atoms with Crippen molar-refractivity contribution in [2.75, 3.05) is 6.61 Å². The highest BCUT2D eigenvalue weighted by Crippen LogP contribution is 2.46. The molecule has 1 heterocycles. The van der Waals surface area contributed by atoms with E-state index in [-0.39, 0.29) is 18.3 Å². The molecule has 0 N–H and O–H groups in total. The molecule has 6 heteroatoms. The van der Waals surface area contributed by atoms with Crippen LogP contribution in [0.15, 0.2) is 0 Å². The van der Waals surface area contributed by atoms with Crippen LogP contribution >= 0.6 is 7.60 Å². The molecule has 0 aromatic heterocycles. The fourth-order valence-electron chi connectivity index (χ4n) is 2.03. The van der Waals surface area contributed by atoms with Gasteiger partial charge >= 0.3 is 0 Å². The largest absolute Gasteiger partial charge is 0.778 e. The molecule has 20 heavy (non-hydrogen) atoms.